The molecule has 8 nitrogen and oxygen atoms in total. The Labute approximate surface area is 147 Å². The van der Waals surface area contributed by atoms with Crippen LogP contribution in [0.15, 0.2) is 48.9 Å². The van der Waals surface area contributed by atoms with Crippen molar-refractivity contribution in [2.45, 2.75) is 13.1 Å². The maximum Gasteiger partial charge on any atom is 0.325 e. The van der Waals surface area contributed by atoms with E-state index in [9.17, 15) is 9.59 Å². The summed E-state index contributed by atoms with van der Waals surface area (Å²) in [5, 5.41) is 20.1. The number of aliphatic carboxylic acids is 1. The number of benzene rings is 1. The number of carboxylic acids is 1. The molecule has 0 unspecified atom stereocenters. The van der Waals surface area contributed by atoms with E-state index in [4.69, 9.17) is 16.7 Å². The van der Waals surface area contributed by atoms with Crippen molar-refractivity contribution < 1.29 is 14.7 Å². The molecule has 3 aromatic rings. The summed E-state index contributed by atoms with van der Waals surface area (Å²) in [5.74, 6) is -1.47. The minimum Gasteiger partial charge on any atom is -0.480 e. The number of rotatable bonds is 6. The van der Waals surface area contributed by atoms with E-state index in [1.54, 1.807) is 16.9 Å². The highest BCUT2D eigenvalue weighted by Gasteiger charge is 2.12. The summed E-state index contributed by atoms with van der Waals surface area (Å²) >= 11 is 6.12. The van der Waals surface area contributed by atoms with Crippen LogP contribution >= 0.6 is 11.6 Å². The van der Waals surface area contributed by atoms with Gasteiger partial charge in [-0.15, -0.1) is 0 Å². The van der Waals surface area contributed by atoms with Crippen molar-refractivity contribution in [3.05, 3.63) is 65.2 Å². The number of anilines is 1. The molecule has 1 amide bonds. The molecule has 0 bridgehead atoms. The second kappa shape index (κ2) is 7.18. The highest BCUT2D eigenvalue weighted by Crippen LogP contribution is 2.17. The van der Waals surface area contributed by atoms with Crippen LogP contribution in [-0.2, 0) is 17.9 Å². The SMILES string of the molecule is O=C(O)Cn1ccc(C(=O)Nc2cnn(Cc3ccccc3Cl)c2)n1. The number of aromatic nitrogens is 4. The van der Waals surface area contributed by atoms with E-state index >= 15 is 0 Å². The zero-order valence-corrected chi connectivity index (χ0v) is 13.7. The van der Waals surface area contributed by atoms with Crippen molar-refractivity contribution in [3.63, 3.8) is 0 Å². The third kappa shape index (κ3) is 4.24. The quantitative estimate of drug-likeness (QED) is 0.701. The van der Waals surface area contributed by atoms with E-state index in [2.05, 4.69) is 15.5 Å². The van der Waals surface area contributed by atoms with E-state index in [0.29, 0.717) is 17.3 Å². The largest absolute Gasteiger partial charge is 0.480 e. The normalized spacial score (nSPS) is 10.6. The molecular formula is C16H14ClN5O3. The lowest BCUT2D eigenvalue weighted by Gasteiger charge is -2.04. The Hall–Kier alpha value is -3.13. The highest BCUT2D eigenvalue weighted by molar-refractivity contribution is 6.31. The fraction of sp³-hybridized carbons (Fsp3) is 0.125. The second-order valence-electron chi connectivity index (χ2n) is 5.26. The van der Waals surface area contributed by atoms with Gasteiger partial charge in [-0.3, -0.25) is 19.0 Å². The first-order valence-corrected chi connectivity index (χ1v) is 7.71. The number of hydrogen-bond donors (Lipinski definition) is 2. The zero-order valence-electron chi connectivity index (χ0n) is 13.0. The van der Waals surface area contributed by atoms with Crippen molar-refractivity contribution in [2.75, 3.05) is 5.32 Å². The minimum atomic E-state index is -1.03. The number of carbonyl (C=O) groups is 2. The highest BCUT2D eigenvalue weighted by atomic mass is 35.5. The van der Waals surface area contributed by atoms with Crippen LogP contribution < -0.4 is 5.32 Å². The maximum atomic E-state index is 12.1. The van der Waals surface area contributed by atoms with Gasteiger partial charge >= 0.3 is 5.97 Å². The molecule has 0 saturated carbocycles. The lowest BCUT2D eigenvalue weighted by atomic mass is 10.2. The number of amides is 1. The maximum absolute atomic E-state index is 12.1. The number of carbonyl (C=O) groups excluding carboxylic acids is 1. The number of carboxylic acid groups (broad SMARTS) is 1. The lowest BCUT2D eigenvalue weighted by molar-refractivity contribution is -0.137. The molecule has 9 heteroatoms. The van der Waals surface area contributed by atoms with Crippen molar-refractivity contribution in [3.8, 4) is 0 Å². The van der Waals surface area contributed by atoms with E-state index in [-0.39, 0.29) is 12.2 Å². The van der Waals surface area contributed by atoms with Crippen LogP contribution in [0, 0.1) is 0 Å². The zero-order chi connectivity index (χ0) is 17.8. The monoisotopic (exact) mass is 359 g/mol. The third-order valence-corrected chi connectivity index (χ3v) is 3.72. The molecule has 0 spiro atoms. The molecular weight excluding hydrogens is 346 g/mol. The fourth-order valence-corrected chi connectivity index (χ4v) is 2.42. The average Bonchev–Trinajstić information content (AvgIpc) is 3.19. The molecule has 2 aromatic heterocycles. The van der Waals surface area contributed by atoms with Crippen LogP contribution in [0.1, 0.15) is 16.1 Å². The Morgan fingerprint density at radius 3 is 2.76 bits per heavy atom. The van der Waals surface area contributed by atoms with Crippen LogP contribution in [-0.4, -0.2) is 36.5 Å². The van der Waals surface area contributed by atoms with Crippen LogP contribution in [0.2, 0.25) is 5.02 Å². The van der Waals surface area contributed by atoms with Gasteiger partial charge in [-0.05, 0) is 17.7 Å². The smallest absolute Gasteiger partial charge is 0.325 e. The molecule has 25 heavy (non-hydrogen) atoms. The van der Waals surface area contributed by atoms with Gasteiger partial charge in [0.2, 0.25) is 0 Å². The molecule has 0 aliphatic heterocycles. The molecule has 2 N–H and O–H groups in total. The van der Waals surface area contributed by atoms with Gasteiger partial charge in [-0.1, -0.05) is 29.8 Å². The van der Waals surface area contributed by atoms with Gasteiger partial charge in [-0.25, -0.2) is 0 Å². The van der Waals surface area contributed by atoms with E-state index < -0.39 is 11.9 Å². The molecule has 0 fully saturated rings. The Morgan fingerprint density at radius 2 is 2.00 bits per heavy atom. The van der Waals surface area contributed by atoms with Crippen LogP contribution in [0.5, 0.6) is 0 Å². The molecule has 1 aromatic carbocycles. The van der Waals surface area contributed by atoms with Crippen molar-refractivity contribution in [1.29, 1.82) is 0 Å². The van der Waals surface area contributed by atoms with Crippen molar-refractivity contribution >= 4 is 29.2 Å². The van der Waals surface area contributed by atoms with Gasteiger partial charge in [-0.2, -0.15) is 10.2 Å². The van der Waals surface area contributed by atoms with E-state index in [1.165, 1.54) is 23.1 Å². The molecule has 0 radical (unpaired) electrons. The number of halogens is 1. The van der Waals surface area contributed by atoms with Gasteiger partial charge in [0.15, 0.2) is 5.69 Å². The molecule has 0 aliphatic rings. The van der Waals surface area contributed by atoms with Crippen LogP contribution in [0.25, 0.3) is 0 Å². The topological polar surface area (TPSA) is 102 Å². The molecule has 0 saturated heterocycles. The molecule has 128 valence electrons. The summed E-state index contributed by atoms with van der Waals surface area (Å²) < 4.78 is 2.83. The molecule has 0 aliphatic carbocycles. The van der Waals surface area contributed by atoms with Gasteiger partial charge in [0, 0.05) is 17.4 Å². The summed E-state index contributed by atoms with van der Waals surface area (Å²) in [6, 6.07) is 8.89. The first-order chi connectivity index (χ1) is 12.0. The van der Waals surface area contributed by atoms with Crippen molar-refractivity contribution in [1.82, 2.24) is 19.6 Å². The summed E-state index contributed by atoms with van der Waals surface area (Å²) in [6.07, 6.45) is 4.63. The van der Waals surface area contributed by atoms with Gasteiger partial charge in [0.05, 0.1) is 18.4 Å². The molecule has 3 rings (SSSR count). The number of hydrogen-bond acceptors (Lipinski definition) is 4. The third-order valence-electron chi connectivity index (χ3n) is 3.35. The summed E-state index contributed by atoms with van der Waals surface area (Å²) in [7, 11) is 0. The lowest BCUT2D eigenvalue weighted by Crippen LogP contribution is -2.14. The minimum absolute atomic E-state index is 0.125. The number of nitrogens with zero attached hydrogens (tertiary/aromatic N) is 4. The Balaban J connectivity index is 1.65. The number of nitrogens with one attached hydrogen (secondary N) is 1. The Bertz CT molecular complexity index is 918. The first kappa shape index (κ1) is 16.7. The average molecular weight is 360 g/mol. The Morgan fingerprint density at radius 1 is 1.20 bits per heavy atom. The second-order valence-corrected chi connectivity index (χ2v) is 5.67. The Kier molecular flexibility index (Phi) is 4.80. The van der Waals surface area contributed by atoms with E-state index in [0.717, 1.165) is 5.56 Å². The van der Waals surface area contributed by atoms with Crippen LogP contribution in [0.3, 0.4) is 0 Å². The predicted molar refractivity (Wildman–Crippen MR) is 90.6 cm³/mol. The van der Waals surface area contributed by atoms with Crippen LogP contribution in [0.4, 0.5) is 5.69 Å². The van der Waals surface area contributed by atoms with Gasteiger partial charge in [0.25, 0.3) is 5.91 Å². The van der Waals surface area contributed by atoms with Gasteiger partial charge < -0.3 is 10.4 Å². The van der Waals surface area contributed by atoms with Gasteiger partial charge in [0.1, 0.15) is 6.54 Å². The van der Waals surface area contributed by atoms with E-state index in [1.807, 2.05) is 18.2 Å². The summed E-state index contributed by atoms with van der Waals surface area (Å²) in [5.41, 5.74) is 1.54. The molecule has 0 atom stereocenters. The molecule has 2 heterocycles. The first-order valence-electron chi connectivity index (χ1n) is 7.34. The predicted octanol–water partition coefficient (Wildman–Crippen LogP) is 2.12. The summed E-state index contributed by atoms with van der Waals surface area (Å²) in [6.45, 7) is 0.172. The standard InChI is InChI=1S/C16H14ClN5O3/c17-13-4-2-1-3-11(13)8-22-9-12(7-18-22)19-16(25)14-5-6-21(20-14)10-15(23)24/h1-7,9H,8,10H2,(H,19,25)(H,23,24). The fourth-order valence-electron chi connectivity index (χ4n) is 2.22. The summed E-state index contributed by atoms with van der Waals surface area (Å²) in [4.78, 5) is 22.8. The van der Waals surface area contributed by atoms with Crippen molar-refractivity contribution in [2.24, 2.45) is 0 Å².